The first kappa shape index (κ1) is 19.8. The van der Waals surface area contributed by atoms with Gasteiger partial charge in [-0.25, -0.2) is 5.01 Å². The SMILES string of the molecule is CC1=NN2C(=O)CC(c3ccc(C#N)cc3)=NC2CC1c1ccc(C(F)(F)F)cc1. The summed E-state index contributed by atoms with van der Waals surface area (Å²) in [6.45, 7) is 1.77. The number of carbonyl (C=O) groups is 1. The van der Waals surface area contributed by atoms with E-state index in [1.807, 2.05) is 6.07 Å². The lowest BCUT2D eigenvalue weighted by atomic mass is 9.88. The van der Waals surface area contributed by atoms with Gasteiger partial charge in [0.05, 0.1) is 29.3 Å². The van der Waals surface area contributed by atoms with Crippen LogP contribution in [0.4, 0.5) is 13.2 Å². The van der Waals surface area contributed by atoms with Gasteiger partial charge in [-0.3, -0.25) is 9.79 Å². The van der Waals surface area contributed by atoms with E-state index in [1.165, 1.54) is 17.1 Å². The fourth-order valence-corrected chi connectivity index (χ4v) is 3.76. The Balaban J connectivity index is 1.63. The molecule has 0 bridgehead atoms. The maximum Gasteiger partial charge on any atom is 0.416 e. The van der Waals surface area contributed by atoms with E-state index in [1.54, 1.807) is 31.2 Å². The molecule has 152 valence electrons. The number of fused-ring (bicyclic) bond motifs is 1. The van der Waals surface area contributed by atoms with Gasteiger partial charge in [0.15, 0.2) is 0 Å². The number of alkyl halides is 3. The molecule has 0 saturated carbocycles. The molecule has 2 aliphatic rings. The summed E-state index contributed by atoms with van der Waals surface area (Å²) in [5.41, 5.74) is 2.56. The molecule has 2 unspecified atom stereocenters. The molecule has 1 amide bonds. The van der Waals surface area contributed by atoms with Gasteiger partial charge in [0.1, 0.15) is 6.17 Å². The first-order valence-corrected chi connectivity index (χ1v) is 9.38. The number of hydrazone groups is 1. The predicted octanol–water partition coefficient (Wildman–Crippen LogP) is 4.49. The molecule has 2 aromatic carbocycles. The van der Waals surface area contributed by atoms with Crippen LogP contribution < -0.4 is 0 Å². The Morgan fingerprint density at radius 2 is 1.77 bits per heavy atom. The van der Waals surface area contributed by atoms with Crippen molar-refractivity contribution in [1.29, 1.82) is 5.26 Å². The van der Waals surface area contributed by atoms with E-state index < -0.39 is 17.9 Å². The summed E-state index contributed by atoms with van der Waals surface area (Å²) in [6, 6.07) is 13.9. The number of hydrogen-bond acceptors (Lipinski definition) is 4. The third-order valence-corrected chi connectivity index (χ3v) is 5.37. The number of nitrogens with zero attached hydrogens (tertiary/aromatic N) is 4. The van der Waals surface area contributed by atoms with Gasteiger partial charge in [-0.2, -0.15) is 23.5 Å². The fourth-order valence-electron chi connectivity index (χ4n) is 3.76. The number of nitriles is 1. The average Bonchev–Trinajstić information content (AvgIpc) is 2.73. The quantitative estimate of drug-likeness (QED) is 0.732. The summed E-state index contributed by atoms with van der Waals surface area (Å²) in [5.74, 6) is -0.412. The van der Waals surface area contributed by atoms with Crippen molar-refractivity contribution in [3.63, 3.8) is 0 Å². The number of halogens is 3. The second-order valence-electron chi connectivity index (χ2n) is 7.31. The lowest BCUT2D eigenvalue weighted by molar-refractivity contribution is -0.137. The summed E-state index contributed by atoms with van der Waals surface area (Å²) >= 11 is 0. The zero-order valence-corrected chi connectivity index (χ0v) is 16.0. The first-order valence-electron chi connectivity index (χ1n) is 9.38. The van der Waals surface area contributed by atoms with Crippen LogP contribution in [0.2, 0.25) is 0 Å². The maximum absolute atomic E-state index is 12.9. The van der Waals surface area contributed by atoms with Crippen LogP contribution >= 0.6 is 0 Å². The van der Waals surface area contributed by atoms with E-state index in [0.717, 1.165) is 17.7 Å². The molecule has 8 heteroatoms. The second-order valence-corrected chi connectivity index (χ2v) is 7.31. The Labute approximate surface area is 171 Å². The number of hydrogen-bond donors (Lipinski definition) is 0. The summed E-state index contributed by atoms with van der Waals surface area (Å²) in [7, 11) is 0. The highest BCUT2D eigenvalue weighted by Crippen LogP contribution is 2.35. The molecule has 0 radical (unpaired) electrons. The van der Waals surface area contributed by atoms with E-state index in [0.29, 0.717) is 29.0 Å². The number of aliphatic imine (C=N–C) groups is 1. The molecule has 0 aromatic heterocycles. The van der Waals surface area contributed by atoms with Crippen molar-refractivity contribution < 1.29 is 18.0 Å². The van der Waals surface area contributed by atoms with Gasteiger partial charge in [0, 0.05) is 18.1 Å². The minimum Gasteiger partial charge on any atom is -0.272 e. The zero-order valence-electron chi connectivity index (χ0n) is 16.0. The molecule has 4 rings (SSSR count). The highest BCUT2D eigenvalue weighted by molar-refractivity contribution is 6.12. The van der Waals surface area contributed by atoms with Gasteiger partial charge < -0.3 is 0 Å². The van der Waals surface area contributed by atoms with Gasteiger partial charge in [-0.15, -0.1) is 0 Å². The second kappa shape index (κ2) is 7.41. The van der Waals surface area contributed by atoms with Gasteiger partial charge in [-0.1, -0.05) is 24.3 Å². The highest BCUT2D eigenvalue weighted by Gasteiger charge is 2.37. The normalized spacial score (nSPS) is 21.4. The third-order valence-electron chi connectivity index (χ3n) is 5.37. The maximum atomic E-state index is 12.9. The molecule has 2 atom stereocenters. The average molecular weight is 410 g/mol. The molecule has 0 aliphatic carbocycles. The Bertz CT molecular complexity index is 1080. The Morgan fingerprint density at radius 1 is 1.10 bits per heavy atom. The summed E-state index contributed by atoms with van der Waals surface area (Å²) in [4.78, 5) is 17.3. The smallest absolute Gasteiger partial charge is 0.272 e. The van der Waals surface area contributed by atoms with Crippen molar-refractivity contribution in [2.75, 3.05) is 0 Å². The van der Waals surface area contributed by atoms with E-state index in [4.69, 9.17) is 10.3 Å². The van der Waals surface area contributed by atoms with Crippen LogP contribution in [0, 0.1) is 11.3 Å². The van der Waals surface area contributed by atoms with Crippen molar-refractivity contribution in [2.24, 2.45) is 10.1 Å². The zero-order chi connectivity index (χ0) is 21.5. The third kappa shape index (κ3) is 3.71. The lowest BCUT2D eigenvalue weighted by Gasteiger charge is -2.37. The lowest BCUT2D eigenvalue weighted by Crippen LogP contribution is -2.45. The van der Waals surface area contributed by atoms with E-state index in [9.17, 15) is 18.0 Å². The summed E-state index contributed by atoms with van der Waals surface area (Å²) < 4.78 is 38.6. The van der Waals surface area contributed by atoms with Crippen molar-refractivity contribution in [3.05, 3.63) is 70.8 Å². The Hall–Kier alpha value is -3.47. The highest BCUT2D eigenvalue weighted by atomic mass is 19.4. The molecule has 0 saturated heterocycles. The van der Waals surface area contributed by atoms with E-state index in [-0.39, 0.29) is 18.2 Å². The van der Waals surface area contributed by atoms with Crippen LogP contribution in [0.15, 0.2) is 58.6 Å². The molecule has 2 heterocycles. The molecule has 0 spiro atoms. The molecule has 30 heavy (non-hydrogen) atoms. The van der Waals surface area contributed by atoms with Crippen LogP contribution in [-0.2, 0) is 11.0 Å². The van der Waals surface area contributed by atoms with E-state index >= 15 is 0 Å². The van der Waals surface area contributed by atoms with Crippen molar-refractivity contribution in [3.8, 4) is 6.07 Å². The molecule has 2 aliphatic heterocycles. The monoisotopic (exact) mass is 410 g/mol. The molecule has 2 aromatic rings. The fraction of sp³-hybridized carbons (Fsp3) is 0.273. The topological polar surface area (TPSA) is 68.8 Å². The van der Waals surface area contributed by atoms with Crippen LogP contribution in [-0.4, -0.2) is 28.5 Å². The number of amides is 1. The van der Waals surface area contributed by atoms with Crippen molar-refractivity contribution in [2.45, 2.75) is 38.0 Å². The number of benzene rings is 2. The van der Waals surface area contributed by atoms with Crippen molar-refractivity contribution >= 4 is 17.3 Å². The largest absolute Gasteiger partial charge is 0.416 e. The van der Waals surface area contributed by atoms with Crippen LogP contribution in [0.25, 0.3) is 0 Å². The van der Waals surface area contributed by atoms with Crippen molar-refractivity contribution in [1.82, 2.24) is 5.01 Å². The predicted molar refractivity (Wildman–Crippen MR) is 105 cm³/mol. The standard InChI is InChI=1S/C22H17F3N4O/c1-13-18(15-6-8-17(9-7-15)22(23,24)25)10-20-27-19(11-21(30)29(20)28-13)16-4-2-14(12-26)3-5-16/h2-9,18,20H,10-11H2,1H3. The van der Waals surface area contributed by atoms with Crippen LogP contribution in [0.5, 0.6) is 0 Å². The number of rotatable bonds is 2. The van der Waals surface area contributed by atoms with Crippen LogP contribution in [0.3, 0.4) is 0 Å². The van der Waals surface area contributed by atoms with Gasteiger partial charge in [0.2, 0.25) is 0 Å². The van der Waals surface area contributed by atoms with Gasteiger partial charge in [0.25, 0.3) is 5.91 Å². The summed E-state index contributed by atoms with van der Waals surface area (Å²) in [5, 5.41) is 14.7. The minimum absolute atomic E-state index is 0.101. The van der Waals surface area contributed by atoms with Crippen LogP contribution in [0.1, 0.15) is 47.9 Å². The summed E-state index contributed by atoms with van der Waals surface area (Å²) in [6.07, 6.45) is -4.37. The minimum atomic E-state index is -4.39. The van der Waals surface area contributed by atoms with E-state index in [2.05, 4.69) is 5.10 Å². The first-order chi connectivity index (χ1) is 14.3. The molecule has 0 N–H and O–H groups in total. The molecular weight excluding hydrogens is 393 g/mol. The van der Waals surface area contributed by atoms with Gasteiger partial charge >= 0.3 is 6.18 Å². The van der Waals surface area contributed by atoms with Gasteiger partial charge in [-0.05, 0) is 42.3 Å². The molecule has 0 fully saturated rings. The Morgan fingerprint density at radius 3 is 2.37 bits per heavy atom. The molecular formula is C22H17F3N4O. The number of carbonyl (C=O) groups excluding carboxylic acids is 1. The molecule has 5 nitrogen and oxygen atoms in total. The Kier molecular flexibility index (Phi) is 4.90.